The highest BCUT2D eigenvalue weighted by Crippen LogP contribution is 2.05. The minimum atomic E-state index is -0.0186. The van der Waals surface area contributed by atoms with Gasteiger partial charge in [0.15, 0.2) is 0 Å². The van der Waals surface area contributed by atoms with Crippen molar-refractivity contribution in [1.29, 1.82) is 0 Å². The first kappa shape index (κ1) is 12.5. The summed E-state index contributed by atoms with van der Waals surface area (Å²) >= 11 is 0. The molecule has 0 aliphatic carbocycles. The molecular weight excluding hydrogens is 198 g/mol. The van der Waals surface area contributed by atoms with Gasteiger partial charge in [-0.2, -0.15) is 0 Å². The molecule has 16 heavy (non-hydrogen) atoms. The number of aryl methyl sites for hydroxylation is 1. The minimum Gasteiger partial charge on any atom is -0.353 e. The fourth-order valence-corrected chi connectivity index (χ4v) is 1.39. The van der Waals surface area contributed by atoms with Crippen LogP contribution in [0.5, 0.6) is 0 Å². The molecule has 0 atom stereocenters. The maximum atomic E-state index is 11.4. The van der Waals surface area contributed by atoms with Crippen LogP contribution in [0.3, 0.4) is 0 Å². The second-order valence-corrected chi connectivity index (χ2v) is 3.89. The van der Waals surface area contributed by atoms with Gasteiger partial charge < -0.3 is 5.32 Å². The third-order valence-corrected chi connectivity index (χ3v) is 2.30. The van der Waals surface area contributed by atoms with Crippen molar-refractivity contribution in [1.82, 2.24) is 5.32 Å². The molecule has 0 fully saturated rings. The fraction of sp³-hybridized carbons (Fsp3) is 0.357. The van der Waals surface area contributed by atoms with Gasteiger partial charge in [-0.15, -0.1) is 0 Å². The average Bonchev–Trinajstić information content (AvgIpc) is 2.27. The molecule has 0 saturated carbocycles. The zero-order valence-corrected chi connectivity index (χ0v) is 9.99. The summed E-state index contributed by atoms with van der Waals surface area (Å²) in [5.41, 5.74) is 2.26. The van der Waals surface area contributed by atoms with Crippen molar-refractivity contribution in [3.8, 4) is 0 Å². The topological polar surface area (TPSA) is 29.1 Å². The molecule has 1 rings (SSSR count). The molecule has 0 heterocycles. The lowest BCUT2D eigenvalue weighted by Gasteiger charge is -1.99. The van der Waals surface area contributed by atoms with Gasteiger partial charge in [0.05, 0.1) is 0 Å². The van der Waals surface area contributed by atoms with Gasteiger partial charge in [0.1, 0.15) is 0 Å². The van der Waals surface area contributed by atoms with Crippen LogP contribution in [0.25, 0.3) is 6.08 Å². The lowest BCUT2D eigenvalue weighted by atomic mass is 10.1. The van der Waals surface area contributed by atoms with E-state index in [0.29, 0.717) is 0 Å². The van der Waals surface area contributed by atoms with Crippen LogP contribution in [-0.2, 0) is 4.79 Å². The number of hydrogen-bond acceptors (Lipinski definition) is 1. The SMILES string of the molecule is CCCCNC(=O)C=Cc1cccc(C)c1. The number of unbranched alkanes of at least 4 members (excludes halogenated alkanes) is 1. The van der Waals surface area contributed by atoms with Gasteiger partial charge in [0, 0.05) is 12.6 Å². The van der Waals surface area contributed by atoms with Crippen molar-refractivity contribution >= 4 is 12.0 Å². The predicted octanol–water partition coefficient (Wildman–Crippen LogP) is 2.92. The largest absolute Gasteiger partial charge is 0.353 e. The molecule has 0 aromatic heterocycles. The highest BCUT2D eigenvalue weighted by atomic mass is 16.1. The van der Waals surface area contributed by atoms with Gasteiger partial charge in [-0.05, 0) is 25.0 Å². The Labute approximate surface area is 97.4 Å². The average molecular weight is 217 g/mol. The second-order valence-electron chi connectivity index (χ2n) is 3.89. The van der Waals surface area contributed by atoms with Gasteiger partial charge in [0.25, 0.3) is 0 Å². The van der Waals surface area contributed by atoms with E-state index in [4.69, 9.17) is 0 Å². The zero-order valence-electron chi connectivity index (χ0n) is 9.99. The summed E-state index contributed by atoms with van der Waals surface area (Å²) in [6.45, 7) is 4.90. The summed E-state index contributed by atoms with van der Waals surface area (Å²) in [5.74, 6) is -0.0186. The summed E-state index contributed by atoms with van der Waals surface area (Å²) in [6, 6.07) is 8.07. The normalized spacial score (nSPS) is 10.6. The van der Waals surface area contributed by atoms with Crippen molar-refractivity contribution in [2.75, 3.05) is 6.54 Å². The van der Waals surface area contributed by atoms with Crippen LogP contribution in [0.1, 0.15) is 30.9 Å². The Balaban J connectivity index is 2.44. The van der Waals surface area contributed by atoms with E-state index < -0.39 is 0 Å². The van der Waals surface area contributed by atoms with E-state index in [1.807, 2.05) is 31.2 Å². The molecule has 1 aromatic rings. The Kier molecular flexibility index (Phi) is 5.34. The first-order valence-corrected chi connectivity index (χ1v) is 5.75. The molecule has 86 valence electrons. The lowest BCUT2D eigenvalue weighted by Crippen LogP contribution is -2.21. The first-order valence-electron chi connectivity index (χ1n) is 5.75. The Morgan fingerprint density at radius 3 is 2.94 bits per heavy atom. The Bertz CT molecular complexity index is 369. The van der Waals surface area contributed by atoms with E-state index in [-0.39, 0.29) is 5.91 Å². The molecule has 1 aromatic carbocycles. The van der Waals surface area contributed by atoms with E-state index in [1.165, 1.54) is 5.56 Å². The molecule has 0 aliphatic rings. The van der Waals surface area contributed by atoms with Gasteiger partial charge in [-0.3, -0.25) is 4.79 Å². The minimum absolute atomic E-state index is 0.0186. The highest BCUT2D eigenvalue weighted by Gasteiger charge is 1.93. The van der Waals surface area contributed by atoms with Crippen molar-refractivity contribution in [2.45, 2.75) is 26.7 Å². The van der Waals surface area contributed by atoms with Gasteiger partial charge in [0.2, 0.25) is 5.91 Å². The summed E-state index contributed by atoms with van der Waals surface area (Å²) < 4.78 is 0. The molecule has 2 nitrogen and oxygen atoms in total. The number of hydrogen-bond donors (Lipinski definition) is 1. The van der Waals surface area contributed by atoms with Gasteiger partial charge in [-0.1, -0.05) is 43.2 Å². The molecule has 0 aliphatic heterocycles. The highest BCUT2D eigenvalue weighted by molar-refractivity contribution is 5.91. The van der Waals surface area contributed by atoms with Crippen LogP contribution in [0.2, 0.25) is 0 Å². The first-order chi connectivity index (χ1) is 7.72. The van der Waals surface area contributed by atoms with Crippen molar-refractivity contribution in [3.63, 3.8) is 0 Å². The van der Waals surface area contributed by atoms with E-state index in [1.54, 1.807) is 6.08 Å². The molecule has 0 spiro atoms. The Morgan fingerprint density at radius 1 is 1.44 bits per heavy atom. The second kappa shape index (κ2) is 6.83. The van der Waals surface area contributed by atoms with Crippen LogP contribution >= 0.6 is 0 Å². The third kappa shape index (κ3) is 4.78. The molecule has 2 heteroatoms. The Morgan fingerprint density at radius 2 is 2.25 bits per heavy atom. The van der Waals surface area contributed by atoms with E-state index in [0.717, 1.165) is 24.9 Å². The van der Waals surface area contributed by atoms with Gasteiger partial charge in [-0.25, -0.2) is 0 Å². The van der Waals surface area contributed by atoms with Crippen LogP contribution in [0.15, 0.2) is 30.3 Å². The summed E-state index contributed by atoms with van der Waals surface area (Å²) in [6.07, 6.45) is 5.56. The molecule has 1 N–H and O–H groups in total. The standard InChI is InChI=1S/C14H19NO/c1-3-4-10-15-14(16)9-8-13-7-5-6-12(2)11-13/h5-9,11H,3-4,10H2,1-2H3,(H,15,16). The molecule has 0 saturated heterocycles. The van der Waals surface area contributed by atoms with E-state index >= 15 is 0 Å². The summed E-state index contributed by atoms with van der Waals surface area (Å²) in [5, 5.41) is 2.84. The van der Waals surface area contributed by atoms with Gasteiger partial charge >= 0.3 is 0 Å². The van der Waals surface area contributed by atoms with Crippen LogP contribution < -0.4 is 5.32 Å². The zero-order chi connectivity index (χ0) is 11.8. The predicted molar refractivity (Wildman–Crippen MR) is 68.1 cm³/mol. The maximum absolute atomic E-state index is 11.4. The number of carbonyl (C=O) groups excluding carboxylic acids is 1. The van der Waals surface area contributed by atoms with Crippen LogP contribution in [-0.4, -0.2) is 12.5 Å². The maximum Gasteiger partial charge on any atom is 0.243 e. The molecule has 0 radical (unpaired) electrons. The molecule has 1 amide bonds. The quantitative estimate of drug-likeness (QED) is 0.596. The summed E-state index contributed by atoms with van der Waals surface area (Å²) in [4.78, 5) is 11.4. The van der Waals surface area contributed by atoms with Crippen LogP contribution in [0, 0.1) is 6.92 Å². The smallest absolute Gasteiger partial charge is 0.243 e. The number of amides is 1. The fourth-order valence-electron chi connectivity index (χ4n) is 1.39. The number of carbonyl (C=O) groups is 1. The number of nitrogens with one attached hydrogen (secondary N) is 1. The molecular formula is C14H19NO. The van der Waals surface area contributed by atoms with Crippen LogP contribution in [0.4, 0.5) is 0 Å². The van der Waals surface area contributed by atoms with E-state index in [2.05, 4.69) is 18.3 Å². The molecule has 0 unspecified atom stereocenters. The molecule has 0 bridgehead atoms. The lowest BCUT2D eigenvalue weighted by molar-refractivity contribution is -0.116. The third-order valence-electron chi connectivity index (χ3n) is 2.30. The van der Waals surface area contributed by atoms with E-state index in [9.17, 15) is 4.79 Å². The monoisotopic (exact) mass is 217 g/mol. The van der Waals surface area contributed by atoms with Crippen molar-refractivity contribution in [3.05, 3.63) is 41.5 Å². The summed E-state index contributed by atoms with van der Waals surface area (Å²) in [7, 11) is 0. The Hall–Kier alpha value is -1.57. The van der Waals surface area contributed by atoms with Crippen molar-refractivity contribution in [2.24, 2.45) is 0 Å². The van der Waals surface area contributed by atoms with Crippen molar-refractivity contribution < 1.29 is 4.79 Å². The number of benzene rings is 1. The number of rotatable bonds is 5.